The second kappa shape index (κ2) is 10.2. The standard InChI is InChI=1S/C27H26N2O5/c1-17(26(32)29-24(15-25(30)31)18-9-3-2-4-10-18)28-27(33)34-16-23-21-13-7-5-11-19(21)20-12-6-8-14-22(20)23/h2-14,17,23-24H,15-16H2,1H3,(H,28,33)(H,29,32)(H,30,31)/t17-,24?/m0/s1. The Hall–Kier alpha value is -4.13. The number of ether oxygens (including phenoxy) is 1. The summed E-state index contributed by atoms with van der Waals surface area (Å²) in [7, 11) is 0. The number of carbonyl (C=O) groups excluding carboxylic acids is 2. The summed E-state index contributed by atoms with van der Waals surface area (Å²) < 4.78 is 5.49. The molecule has 3 aromatic rings. The maximum atomic E-state index is 12.7. The van der Waals surface area contributed by atoms with Gasteiger partial charge in [0.05, 0.1) is 12.5 Å². The molecule has 2 atom stereocenters. The van der Waals surface area contributed by atoms with E-state index in [-0.39, 0.29) is 18.9 Å². The molecule has 0 saturated carbocycles. The number of fused-ring (bicyclic) bond motifs is 3. The lowest BCUT2D eigenvalue weighted by Crippen LogP contribution is -2.46. The predicted molar refractivity (Wildman–Crippen MR) is 127 cm³/mol. The van der Waals surface area contributed by atoms with Crippen molar-refractivity contribution >= 4 is 18.0 Å². The topological polar surface area (TPSA) is 105 Å². The number of nitrogens with one attached hydrogen (secondary N) is 2. The quantitative estimate of drug-likeness (QED) is 0.468. The van der Waals surface area contributed by atoms with Crippen molar-refractivity contribution in [3.05, 3.63) is 95.6 Å². The van der Waals surface area contributed by atoms with Crippen molar-refractivity contribution in [1.82, 2.24) is 10.6 Å². The molecule has 1 unspecified atom stereocenters. The minimum absolute atomic E-state index is 0.0830. The molecule has 4 rings (SSSR count). The van der Waals surface area contributed by atoms with Gasteiger partial charge in [-0.05, 0) is 34.7 Å². The van der Waals surface area contributed by atoms with Crippen LogP contribution in [0, 0.1) is 0 Å². The molecule has 0 saturated heterocycles. The number of benzene rings is 3. The van der Waals surface area contributed by atoms with E-state index in [2.05, 4.69) is 22.8 Å². The lowest BCUT2D eigenvalue weighted by molar-refractivity contribution is -0.137. The number of amides is 2. The molecule has 0 heterocycles. The zero-order valence-corrected chi connectivity index (χ0v) is 18.7. The molecule has 0 spiro atoms. The highest BCUT2D eigenvalue weighted by molar-refractivity contribution is 5.86. The Kier molecular flexibility index (Phi) is 6.92. The van der Waals surface area contributed by atoms with Crippen molar-refractivity contribution in [3.63, 3.8) is 0 Å². The third-order valence-corrected chi connectivity index (χ3v) is 5.97. The van der Waals surface area contributed by atoms with E-state index in [4.69, 9.17) is 4.74 Å². The number of carbonyl (C=O) groups is 3. The van der Waals surface area contributed by atoms with E-state index in [1.165, 1.54) is 6.92 Å². The fraction of sp³-hybridized carbons (Fsp3) is 0.222. The zero-order valence-electron chi connectivity index (χ0n) is 18.7. The number of alkyl carbamates (subject to hydrolysis) is 1. The largest absolute Gasteiger partial charge is 0.481 e. The van der Waals surface area contributed by atoms with Crippen molar-refractivity contribution in [2.24, 2.45) is 0 Å². The molecule has 0 fully saturated rings. The number of carboxylic acid groups (broad SMARTS) is 1. The monoisotopic (exact) mass is 458 g/mol. The van der Waals surface area contributed by atoms with Crippen LogP contribution in [0.15, 0.2) is 78.9 Å². The van der Waals surface area contributed by atoms with E-state index in [0.717, 1.165) is 22.3 Å². The van der Waals surface area contributed by atoms with E-state index in [0.29, 0.717) is 5.56 Å². The highest BCUT2D eigenvalue weighted by Gasteiger charge is 2.29. The van der Waals surface area contributed by atoms with Crippen LogP contribution in [0.25, 0.3) is 11.1 Å². The molecular formula is C27H26N2O5. The summed E-state index contributed by atoms with van der Waals surface area (Å²) >= 11 is 0. The van der Waals surface area contributed by atoms with Gasteiger partial charge in [-0.15, -0.1) is 0 Å². The molecule has 0 radical (unpaired) electrons. The average molecular weight is 459 g/mol. The normalized spacial score (nSPS) is 13.8. The van der Waals surface area contributed by atoms with Crippen molar-refractivity contribution in [2.45, 2.75) is 31.3 Å². The Bertz CT molecular complexity index is 1150. The van der Waals surface area contributed by atoms with Gasteiger partial charge in [-0.25, -0.2) is 4.79 Å². The van der Waals surface area contributed by atoms with Gasteiger partial charge in [-0.1, -0.05) is 78.9 Å². The van der Waals surface area contributed by atoms with Crippen molar-refractivity contribution < 1.29 is 24.2 Å². The van der Waals surface area contributed by atoms with Crippen LogP contribution in [0.3, 0.4) is 0 Å². The summed E-state index contributed by atoms with van der Waals surface area (Å²) in [5.41, 5.74) is 5.13. The lowest BCUT2D eigenvalue weighted by atomic mass is 9.98. The molecular weight excluding hydrogens is 432 g/mol. The number of carboxylic acids is 1. The second-order valence-corrected chi connectivity index (χ2v) is 8.26. The number of hydrogen-bond donors (Lipinski definition) is 3. The molecule has 2 amide bonds. The van der Waals surface area contributed by atoms with Crippen molar-refractivity contribution in [3.8, 4) is 11.1 Å². The molecule has 0 aromatic heterocycles. The lowest BCUT2D eigenvalue weighted by Gasteiger charge is -2.21. The minimum atomic E-state index is -1.04. The van der Waals surface area contributed by atoms with Gasteiger partial charge in [0.1, 0.15) is 12.6 Å². The Labute approximate surface area is 197 Å². The van der Waals surface area contributed by atoms with Crippen LogP contribution in [0.5, 0.6) is 0 Å². The first-order valence-electron chi connectivity index (χ1n) is 11.1. The Balaban J connectivity index is 1.36. The number of rotatable bonds is 8. The first-order chi connectivity index (χ1) is 16.4. The minimum Gasteiger partial charge on any atom is -0.481 e. The first-order valence-corrected chi connectivity index (χ1v) is 11.1. The highest BCUT2D eigenvalue weighted by Crippen LogP contribution is 2.44. The molecule has 34 heavy (non-hydrogen) atoms. The Morgan fingerprint density at radius 2 is 1.41 bits per heavy atom. The third kappa shape index (κ3) is 5.09. The van der Waals surface area contributed by atoms with Gasteiger partial charge in [0.15, 0.2) is 0 Å². The van der Waals surface area contributed by atoms with E-state index in [1.54, 1.807) is 24.3 Å². The molecule has 7 nitrogen and oxygen atoms in total. The zero-order chi connectivity index (χ0) is 24.1. The van der Waals surface area contributed by atoms with Crippen LogP contribution in [-0.4, -0.2) is 35.7 Å². The van der Waals surface area contributed by atoms with E-state index >= 15 is 0 Å². The van der Waals surface area contributed by atoms with Crippen LogP contribution in [-0.2, 0) is 14.3 Å². The van der Waals surface area contributed by atoms with Crippen molar-refractivity contribution in [1.29, 1.82) is 0 Å². The van der Waals surface area contributed by atoms with Crippen LogP contribution in [0.1, 0.15) is 42.0 Å². The maximum Gasteiger partial charge on any atom is 0.407 e. The van der Waals surface area contributed by atoms with E-state index in [1.807, 2.05) is 42.5 Å². The summed E-state index contributed by atoms with van der Waals surface area (Å²) in [6.07, 6.45) is -0.980. The van der Waals surface area contributed by atoms with Gasteiger partial charge < -0.3 is 20.5 Å². The van der Waals surface area contributed by atoms with Gasteiger partial charge in [0.25, 0.3) is 0 Å². The SMILES string of the molecule is C[C@H](NC(=O)OCC1c2ccccc2-c2ccccc21)C(=O)NC(CC(=O)O)c1ccccc1. The molecule has 0 bridgehead atoms. The third-order valence-electron chi connectivity index (χ3n) is 5.97. The van der Waals surface area contributed by atoms with Gasteiger partial charge in [0, 0.05) is 5.92 Å². The first kappa shape index (κ1) is 23.0. The fourth-order valence-corrected chi connectivity index (χ4v) is 4.29. The molecule has 174 valence electrons. The second-order valence-electron chi connectivity index (χ2n) is 8.26. The molecule has 1 aliphatic carbocycles. The van der Waals surface area contributed by atoms with Gasteiger partial charge in [-0.3, -0.25) is 9.59 Å². The van der Waals surface area contributed by atoms with E-state index in [9.17, 15) is 19.5 Å². The van der Waals surface area contributed by atoms with Gasteiger partial charge in [0.2, 0.25) is 5.91 Å². The van der Waals surface area contributed by atoms with Crippen LogP contribution >= 0.6 is 0 Å². The van der Waals surface area contributed by atoms with Crippen LogP contribution < -0.4 is 10.6 Å². The number of hydrogen-bond acceptors (Lipinski definition) is 4. The fourth-order valence-electron chi connectivity index (χ4n) is 4.29. The summed E-state index contributed by atoms with van der Waals surface area (Å²) in [6.45, 7) is 1.67. The van der Waals surface area contributed by atoms with Gasteiger partial charge in [-0.2, -0.15) is 0 Å². The highest BCUT2D eigenvalue weighted by atomic mass is 16.5. The van der Waals surface area contributed by atoms with Crippen LogP contribution in [0.2, 0.25) is 0 Å². The van der Waals surface area contributed by atoms with Crippen LogP contribution in [0.4, 0.5) is 4.79 Å². The van der Waals surface area contributed by atoms with E-state index < -0.39 is 30.1 Å². The summed E-state index contributed by atoms with van der Waals surface area (Å²) in [5, 5.41) is 14.5. The Morgan fingerprint density at radius 3 is 2.00 bits per heavy atom. The smallest absolute Gasteiger partial charge is 0.407 e. The molecule has 3 aromatic carbocycles. The Morgan fingerprint density at radius 1 is 0.853 bits per heavy atom. The predicted octanol–water partition coefficient (Wildman–Crippen LogP) is 4.25. The molecule has 3 N–H and O–H groups in total. The summed E-state index contributed by atoms with van der Waals surface area (Å²) in [6, 6.07) is 23.3. The van der Waals surface area contributed by atoms with Gasteiger partial charge >= 0.3 is 12.1 Å². The molecule has 7 heteroatoms. The average Bonchev–Trinajstić information content (AvgIpc) is 3.16. The molecule has 1 aliphatic rings. The van der Waals surface area contributed by atoms with Crippen molar-refractivity contribution in [2.75, 3.05) is 6.61 Å². The number of aliphatic carboxylic acids is 1. The molecule has 0 aliphatic heterocycles. The summed E-state index contributed by atoms with van der Waals surface area (Å²) in [4.78, 5) is 36.4. The summed E-state index contributed by atoms with van der Waals surface area (Å²) in [5.74, 6) is -1.62. The maximum absolute atomic E-state index is 12.7.